The quantitative estimate of drug-likeness (QED) is 0.634. The Hall–Kier alpha value is -3.21. The van der Waals surface area contributed by atoms with E-state index in [9.17, 15) is 13.2 Å². The highest BCUT2D eigenvalue weighted by molar-refractivity contribution is 5.73. The van der Waals surface area contributed by atoms with E-state index in [1.807, 2.05) is 23.6 Å². The lowest BCUT2D eigenvalue weighted by atomic mass is 9.95. The highest BCUT2D eigenvalue weighted by atomic mass is 19.4. The van der Waals surface area contributed by atoms with Crippen molar-refractivity contribution in [2.45, 2.75) is 38.4 Å². The smallest absolute Gasteiger partial charge is 0.490 e. The van der Waals surface area contributed by atoms with Crippen molar-refractivity contribution in [3.05, 3.63) is 54.1 Å². The van der Waals surface area contributed by atoms with Crippen molar-refractivity contribution in [2.24, 2.45) is 0 Å². The fraction of sp³-hybridized carbons (Fsp3) is 0.429. The molecule has 1 saturated heterocycles. The van der Waals surface area contributed by atoms with Crippen LogP contribution < -0.4 is 4.74 Å². The lowest BCUT2D eigenvalue weighted by molar-refractivity contribution is -0.192. The lowest BCUT2D eigenvalue weighted by Gasteiger charge is -2.31. The maximum atomic E-state index is 10.6. The second-order valence-corrected chi connectivity index (χ2v) is 7.28. The van der Waals surface area contributed by atoms with Gasteiger partial charge in [-0.25, -0.2) is 9.78 Å². The van der Waals surface area contributed by atoms with E-state index in [1.165, 1.54) is 5.56 Å². The number of aliphatic carboxylic acids is 1. The van der Waals surface area contributed by atoms with E-state index >= 15 is 0 Å². The van der Waals surface area contributed by atoms with Crippen molar-refractivity contribution in [1.29, 1.82) is 0 Å². The van der Waals surface area contributed by atoms with Crippen molar-refractivity contribution in [1.82, 2.24) is 24.5 Å². The molecule has 0 atom stereocenters. The van der Waals surface area contributed by atoms with Crippen LogP contribution >= 0.6 is 0 Å². The van der Waals surface area contributed by atoms with Gasteiger partial charge in [0.15, 0.2) is 0 Å². The van der Waals surface area contributed by atoms with Crippen LogP contribution in [0, 0.1) is 0 Å². The molecule has 0 saturated carbocycles. The van der Waals surface area contributed by atoms with Gasteiger partial charge in [0, 0.05) is 24.9 Å². The molecule has 1 fully saturated rings. The molecule has 1 aliphatic heterocycles. The van der Waals surface area contributed by atoms with E-state index in [1.54, 1.807) is 6.20 Å². The fourth-order valence-corrected chi connectivity index (χ4v) is 3.50. The first-order valence-corrected chi connectivity index (χ1v) is 10.2. The van der Waals surface area contributed by atoms with Crippen molar-refractivity contribution in [3.63, 3.8) is 0 Å². The zero-order chi connectivity index (χ0) is 23.1. The fourth-order valence-electron chi connectivity index (χ4n) is 3.50. The van der Waals surface area contributed by atoms with Crippen LogP contribution in [0.5, 0.6) is 5.75 Å². The number of aromatic nitrogens is 4. The highest BCUT2D eigenvalue weighted by Crippen LogP contribution is 2.27. The Bertz CT molecular complexity index is 1020. The van der Waals surface area contributed by atoms with E-state index < -0.39 is 12.1 Å². The molecule has 1 aromatic carbocycles. The predicted molar refractivity (Wildman–Crippen MR) is 109 cm³/mol. The van der Waals surface area contributed by atoms with Gasteiger partial charge in [-0.1, -0.05) is 12.1 Å². The zero-order valence-electron chi connectivity index (χ0n) is 17.5. The monoisotopic (exact) mass is 451 g/mol. The number of fused-ring (bicyclic) bond motifs is 1. The molecule has 8 nitrogen and oxygen atoms in total. The van der Waals surface area contributed by atoms with E-state index in [4.69, 9.17) is 14.6 Å². The summed E-state index contributed by atoms with van der Waals surface area (Å²) in [4.78, 5) is 15.7. The summed E-state index contributed by atoms with van der Waals surface area (Å²) in [6, 6.07) is 10.4. The summed E-state index contributed by atoms with van der Waals surface area (Å²) < 4.78 is 39.3. The highest BCUT2D eigenvalue weighted by Gasteiger charge is 2.38. The van der Waals surface area contributed by atoms with Crippen LogP contribution in [0.15, 0.2) is 42.7 Å². The van der Waals surface area contributed by atoms with Gasteiger partial charge in [-0.2, -0.15) is 13.2 Å². The van der Waals surface area contributed by atoms with Crippen LogP contribution in [0.3, 0.4) is 0 Å². The van der Waals surface area contributed by atoms with E-state index in [2.05, 4.69) is 44.3 Å². The van der Waals surface area contributed by atoms with E-state index in [0.29, 0.717) is 18.3 Å². The summed E-state index contributed by atoms with van der Waals surface area (Å²) in [5.41, 5.74) is 1.33. The molecule has 0 unspecified atom stereocenters. The van der Waals surface area contributed by atoms with Gasteiger partial charge in [-0.15, -0.1) is 10.2 Å². The summed E-state index contributed by atoms with van der Waals surface area (Å²) in [5.74, 6) is 0.374. The summed E-state index contributed by atoms with van der Waals surface area (Å²) in [6.45, 7) is 5.85. The number of hydrogen-bond acceptors (Lipinski definition) is 6. The number of carboxylic acid groups (broad SMARTS) is 1. The summed E-state index contributed by atoms with van der Waals surface area (Å²) in [7, 11) is 0. The van der Waals surface area contributed by atoms with Gasteiger partial charge in [0.05, 0.1) is 6.61 Å². The molecular weight excluding hydrogens is 427 g/mol. The largest absolute Gasteiger partial charge is 0.494 e. The molecule has 3 aromatic rings. The molecule has 0 aliphatic carbocycles. The van der Waals surface area contributed by atoms with Gasteiger partial charge >= 0.3 is 12.1 Å². The minimum atomic E-state index is -5.08. The van der Waals surface area contributed by atoms with Gasteiger partial charge in [0.1, 0.15) is 11.6 Å². The molecule has 0 bridgehead atoms. The number of halogens is 3. The molecular formula is C21H24F3N5O3. The number of ether oxygens (including phenoxy) is 1. The Morgan fingerprint density at radius 1 is 1.19 bits per heavy atom. The minimum Gasteiger partial charge on any atom is -0.494 e. The first-order valence-electron chi connectivity index (χ1n) is 10.2. The Morgan fingerprint density at radius 2 is 1.84 bits per heavy atom. The molecule has 3 heterocycles. The van der Waals surface area contributed by atoms with Gasteiger partial charge in [0.2, 0.25) is 0 Å². The van der Waals surface area contributed by atoms with Crippen LogP contribution in [0.2, 0.25) is 0 Å². The first-order chi connectivity index (χ1) is 15.3. The number of carbonyl (C=O) groups is 1. The topological polar surface area (TPSA) is 92.9 Å². The average Bonchev–Trinajstić information content (AvgIpc) is 3.20. The Labute approximate surface area is 182 Å². The third-order valence-corrected chi connectivity index (χ3v) is 5.05. The van der Waals surface area contributed by atoms with Gasteiger partial charge < -0.3 is 9.84 Å². The molecule has 1 aliphatic rings. The Balaban J connectivity index is 0.000000360. The second-order valence-electron chi connectivity index (χ2n) is 7.28. The summed E-state index contributed by atoms with van der Waals surface area (Å²) in [5, 5.41) is 15.7. The number of benzene rings is 1. The molecule has 172 valence electrons. The SMILES string of the molecule is CCOc1ccc(CN2CCC(c3nnc4ncccn34)CC2)cc1.O=C(O)C(F)(F)F. The maximum absolute atomic E-state index is 10.6. The third kappa shape index (κ3) is 6.16. The number of hydrogen-bond donors (Lipinski definition) is 1. The zero-order valence-corrected chi connectivity index (χ0v) is 17.5. The molecule has 2 aromatic heterocycles. The van der Waals surface area contributed by atoms with Crippen LogP contribution in [-0.2, 0) is 11.3 Å². The molecule has 11 heteroatoms. The van der Waals surface area contributed by atoms with Crippen molar-refractivity contribution >= 4 is 11.7 Å². The molecule has 0 spiro atoms. The summed E-state index contributed by atoms with van der Waals surface area (Å²) >= 11 is 0. The minimum absolute atomic E-state index is 0.454. The Morgan fingerprint density at radius 3 is 2.44 bits per heavy atom. The number of alkyl halides is 3. The van der Waals surface area contributed by atoms with Crippen LogP contribution in [0.4, 0.5) is 13.2 Å². The van der Waals surface area contributed by atoms with Gasteiger partial charge in [0.25, 0.3) is 5.78 Å². The van der Waals surface area contributed by atoms with Crippen molar-refractivity contribution in [2.75, 3.05) is 19.7 Å². The number of piperidine rings is 1. The molecule has 1 N–H and O–H groups in total. The third-order valence-electron chi connectivity index (χ3n) is 5.05. The molecule has 4 rings (SSSR count). The van der Waals surface area contributed by atoms with Gasteiger partial charge in [-0.05, 0) is 56.6 Å². The van der Waals surface area contributed by atoms with Crippen molar-refractivity contribution in [3.8, 4) is 5.75 Å². The first kappa shape index (κ1) is 23.5. The Kier molecular flexibility index (Phi) is 7.62. The normalized spacial score (nSPS) is 15.2. The lowest BCUT2D eigenvalue weighted by Crippen LogP contribution is -2.33. The van der Waals surface area contributed by atoms with Crippen molar-refractivity contribution < 1.29 is 27.8 Å². The molecule has 0 amide bonds. The van der Waals surface area contributed by atoms with Gasteiger partial charge in [-0.3, -0.25) is 9.30 Å². The van der Waals surface area contributed by atoms with E-state index in [-0.39, 0.29) is 0 Å². The van der Waals surface area contributed by atoms with Crippen LogP contribution in [0.25, 0.3) is 5.78 Å². The number of rotatable bonds is 5. The number of likely N-dealkylation sites (tertiary alicyclic amines) is 1. The van der Waals surface area contributed by atoms with E-state index in [0.717, 1.165) is 44.0 Å². The van der Waals surface area contributed by atoms with Crippen LogP contribution in [-0.4, -0.2) is 61.4 Å². The predicted octanol–water partition coefficient (Wildman–Crippen LogP) is 3.54. The average molecular weight is 451 g/mol. The standard InChI is InChI=1S/C19H23N5O.C2HF3O2/c1-2-25-17-6-4-15(5-7-17)14-23-12-8-16(9-13-23)18-21-22-19-20-10-3-11-24(18)19;3-2(4,5)1(6)7/h3-7,10-11,16H,2,8-9,12-14H2,1H3;(H,6,7). The number of nitrogens with zero attached hydrogens (tertiary/aromatic N) is 5. The summed E-state index contributed by atoms with van der Waals surface area (Å²) in [6.07, 6.45) is 0.886. The van der Waals surface area contributed by atoms with Crippen LogP contribution in [0.1, 0.15) is 37.1 Å². The second kappa shape index (κ2) is 10.4. The molecule has 32 heavy (non-hydrogen) atoms. The number of carboxylic acids is 1. The molecule has 0 radical (unpaired) electrons. The maximum Gasteiger partial charge on any atom is 0.490 e.